The minimum absolute atomic E-state index is 0.00465. The molecule has 1 unspecified atom stereocenters. The van der Waals surface area contributed by atoms with Crippen molar-refractivity contribution in [3.05, 3.63) is 72.9 Å². The average molecular weight is 727 g/mol. The zero-order chi connectivity index (χ0) is 38.1. The van der Waals surface area contributed by atoms with Crippen LogP contribution in [-0.4, -0.2) is 12.1 Å². The van der Waals surface area contributed by atoms with E-state index in [9.17, 15) is 4.79 Å². The standard InChI is InChI=1S/C51H82O2/c1-8-10-11-12-13-14-15-16-17-18-19-20-21-22-23-24-25-26-27-28-49(52)53-44-35-37-50(6)43(39-44)31-32-45-47-34-33-46(51(47,7)38-36-48(45)50)41(5)29-30-42(9-2)40(3)4/h10-11,13-14,16-17,19-20,22-23,25-26,40-48H,8-9,12,15,18,21,24,27-39H2,1-7H3/b11-10-,14-13-,17-16-,20-19-,23-22-,26-25-/t41-,42-,43?,44+,45+,46-,47+,48+,50+,51-/m1/s1. The quantitative estimate of drug-likeness (QED) is 0.0869. The second-order valence-electron chi connectivity index (χ2n) is 18.7. The van der Waals surface area contributed by atoms with Gasteiger partial charge in [-0.1, -0.05) is 134 Å². The molecule has 0 aromatic rings. The smallest absolute Gasteiger partial charge is 0.306 e. The summed E-state index contributed by atoms with van der Waals surface area (Å²) in [5.74, 6) is 6.96. The highest BCUT2D eigenvalue weighted by molar-refractivity contribution is 5.69. The lowest BCUT2D eigenvalue weighted by Gasteiger charge is -2.61. The van der Waals surface area contributed by atoms with E-state index < -0.39 is 0 Å². The number of ether oxygens (including phenoxy) is 1. The molecule has 0 aromatic carbocycles. The normalized spacial score (nSPS) is 33.1. The van der Waals surface area contributed by atoms with Gasteiger partial charge in [0.15, 0.2) is 0 Å². The van der Waals surface area contributed by atoms with Crippen molar-refractivity contribution in [1.29, 1.82) is 0 Å². The van der Waals surface area contributed by atoms with Crippen molar-refractivity contribution in [2.75, 3.05) is 0 Å². The number of carbonyl (C=O) groups excluding carboxylic acids is 1. The first-order chi connectivity index (χ1) is 25.6. The summed E-state index contributed by atoms with van der Waals surface area (Å²) >= 11 is 0. The topological polar surface area (TPSA) is 26.3 Å². The third-order valence-electron chi connectivity index (χ3n) is 15.2. The van der Waals surface area contributed by atoms with Gasteiger partial charge in [0.1, 0.15) is 6.10 Å². The van der Waals surface area contributed by atoms with Gasteiger partial charge < -0.3 is 4.74 Å². The Morgan fingerprint density at radius 3 is 1.81 bits per heavy atom. The molecule has 4 aliphatic rings. The van der Waals surface area contributed by atoms with Crippen molar-refractivity contribution in [2.24, 2.45) is 58.2 Å². The molecule has 298 valence electrons. The summed E-state index contributed by atoms with van der Waals surface area (Å²) in [6.07, 6.45) is 50.3. The zero-order valence-electron chi connectivity index (χ0n) is 35.6. The first kappa shape index (κ1) is 43.6. The van der Waals surface area contributed by atoms with E-state index in [4.69, 9.17) is 4.74 Å². The van der Waals surface area contributed by atoms with Crippen LogP contribution in [0.15, 0.2) is 72.9 Å². The molecule has 0 N–H and O–H groups in total. The lowest BCUT2D eigenvalue weighted by atomic mass is 9.44. The molecule has 0 spiro atoms. The average Bonchev–Trinajstić information content (AvgIpc) is 3.50. The van der Waals surface area contributed by atoms with Crippen LogP contribution in [0.5, 0.6) is 0 Å². The van der Waals surface area contributed by atoms with E-state index in [2.05, 4.69) is 121 Å². The van der Waals surface area contributed by atoms with Crippen molar-refractivity contribution in [3.8, 4) is 0 Å². The number of hydrogen-bond acceptors (Lipinski definition) is 2. The van der Waals surface area contributed by atoms with E-state index in [1.54, 1.807) is 0 Å². The Balaban J connectivity index is 1.11. The highest BCUT2D eigenvalue weighted by Gasteiger charge is 2.60. The lowest BCUT2D eigenvalue weighted by molar-refractivity contribution is -0.162. The SMILES string of the molecule is CC/C=C\C/C=C\C/C=C\C/C=C\C/C=C\C/C=C\CCC(=O)O[C@H]1CC[C@@]2(C)C(CC[C@H]3[C@@H]4CC[C@H]([C@H](C)CC[C@@H](CC)C(C)C)[C@@]4(C)CC[C@@H]32)C1. The van der Waals surface area contributed by atoms with Gasteiger partial charge in [-0.05, 0) is 167 Å². The molecule has 0 aliphatic heterocycles. The van der Waals surface area contributed by atoms with Crippen LogP contribution in [0.2, 0.25) is 0 Å². The van der Waals surface area contributed by atoms with Gasteiger partial charge in [0.2, 0.25) is 0 Å². The Morgan fingerprint density at radius 2 is 1.23 bits per heavy atom. The van der Waals surface area contributed by atoms with Crippen molar-refractivity contribution >= 4 is 5.97 Å². The minimum atomic E-state index is 0.00465. The van der Waals surface area contributed by atoms with E-state index in [0.717, 1.165) is 105 Å². The Labute approximate surface area is 328 Å². The van der Waals surface area contributed by atoms with E-state index in [-0.39, 0.29) is 12.1 Å². The van der Waals surface area contributed by atoms with Gasteiger partial charge in [-0.3, -0.25) is 4.79 Å². The largest absolute Gasteiger partial charge is 0.462 e. The van der Waals surface area contributed by atoms with Gasteiger partial charge in [0.25, 0.3) is 0 Å². The first-order valence-corrected chi connectivity index (χ1v) is 22.7. The summed E-state index contributed by atoms with van der Waals surface area (Å²) in [5, 5.41) is 0. The molecular weight excluding hydrogens is 645 g/mol. The highest BCUT2D eigenvalue weighted by Crippen LogP contribution is 2.68. The number of rotatable bonds is 21. The first-order valence-electron chi connectivity index (χ1n) is 22.7. The molecule has 4 saturated carbocycles. The van der Waals surface area contributed by atoms with E-state index in [1.807, 2.05) is 0 Å². The second-order valence-corrected chi connectivity index (χ2v) is 18.7. The maximum absolute atomic E-state index is 12.9. The molecular formula is C51H82O2. The fourth-order valence-corrected chi connectivity index (χ4v) is 12.1. The molecule has 53 heavy (non-hydrogen) atoms. The predicted octanol–water partition coefficient (Wildman–Crippen LogP) is 15.1. The molecule has 0 heterocycles. The maximum atomic E-state index is 12.9. The Morgan fingerprint density at radius 1 is 0.660 bits per heavy atom. The number of fused-ring (bicyclic) bond motifs is 5. The molecule has 0 aromatic heterocycles. The molecule has 0 bridgehead atoms. The third kappa shape index (κ3) is 12.5. The summed E-state index contributed by atoms with van der Waals surface area (Å²) in [6.45, 7) is 17.4. The molecule has 10 atom stereocenters. The van der Waals surface area contributed by atoms with Gasteiger partial charge >= 0.3 is 5.97 Å². The second kappa shape index (κ2) is 22.5. The Kier molecular flexibility index (Phi) is 18.5. The van der Waals surface area contributed by atoms with Crippen LogP contribution in [0.1, 0.15) is 177 Å². The molecule has 4 aliphatic carbocycles. The monoisotopic (exact) mass is 727 g/mol. The summed E-state index contributed by atoms with van der Waals surface area (Å²) < 4.78 is 6.14. The number of allylic oxidation sites excluding steroid dienone is 12. The number of hydrogen-bond donors (Lipinski definition) is 0. The van der Waals surface area contributed by atoms with Crippen molar-refractivity contribution in [2.45, 2.75) is 183 Å². The van der Waals surface area contributed by atoms with Crippen LogP contribution >= 0.6 is 0 Å². The predicted molar refractivity (Wildman–Crippen MR) is 230 cm³/mol. The molecule has 0 amide bonds. The maximum Gasteiger partial charge on any atom is 0.306 e. The summed E-state index contributed by atoms with van der Waals surface area (Å²) in [5.41, 5.74) is 0.994. The van der Waals surface area contributed by atoms with Gasteiger partial charge in [0, 0.05) is 6.42 Å². The van der Waals surface area contributed by atoms with Crippen molar-refractivity contribution < 1.29 is 9.53 Å². The van der Waals surface area contributed by atoms with Gasteiger partial charge in [0.05, 0.1) is 0 Å². The fourth-order valence-electron chi connectivity index (χ4n) is 12.1. The van der Waals surface area contributed by atoms with Crippen molar-refractivity contribution in [3.63, 3.8) is 0 Å². The van der Waals surface area contributed by atoms with Crippen LogP contribution in [0.3, 0.4) is 0 Å². The van der Waals surface area contributed by atoms with E-state index in [0.29, 0.717) is 17.3 Å². The van der Waals surface area contributed by atoms with Crippen LogP contribution in [0.25, 0.3) is 0 Å². The summed E-state index contributed by atoms with van der Waals surface area (Å²) in [7, 11) is 0. The van der Waals surface area contributed by atoms with E-state index in [1.165, 1.54) is 64.2 Å². The Bertz CT molecular complexity index is 1250. The molecule has 4 fully saturated rings. The summed E-state index contributed by atoms with van der Waals surface area (Å²) in [4.78, 5) is 12.9. The van der Waals surface area contributed by atoms with Gasteiger partial charge in [-0.15, -0.1) is 0 Å². The third-order valence-corrected chi connectivity index (χ3v) is 15.2. The van der Waals surface area contributed by atoms with Crippen LogP contribution in [0.4, 0.5) is 0 Å². The van der Waals surface area contributed by atoms with Crippen LogP contribution < -0.4 is 0 Å². The molecule has 0 radical (unpaired) electrons. The number of carbonyl (C=O) groups is 1. The van der Waals surface area contributed by atoms with Gasteiger partial charge in [-0.2, -0.15) is 0 Å². The molecule has 0 saturated heterocycles. The minimum Gasteiger partial charge on any atom is -0.462 e. The molecule has 2 heteroatoms. The highest BCUT2D eigenvalue weighted by atomic mass is 16.5. The molecule has 2 nitrogen and oxygen atoms in total. The van der Waals surface area contributed by atoms with E-state index >= 15 is 0 Å². The lowest BCUT2D eigenvalue weighted by Crippen LogP contribution is -2.54. The number of esters is 1. The fraction of sp³-hybridized carbons (Fsp3) is 0.745. The molecule has 4 rings (SSSR count). The zero-order valence-corrected chi connectivity index (χ0v) is 35.6. The van der Waals surface area contributed by atoms with Crippen LogP contribution in [0, 0.1) is 58.2 Å². The van der Waals surface area contributed by atoms with Crippen molar-refractivity contribution in [1.82, 2.24) is 0 Å². The van der Waals surface area contributed by atoms with Crippen LogP contribution in [-0.2, 0) is 9.53 Å². The van der Waals surface area contributed by atoms with Gasteiger partial charge in [-0.25, -0.2) is 0 Å². The Hall–Kier alpha value is -2.09. The summed E-state index contributed by atoms with van der Waals surface area (Å²) in [6, 6.07) is 0.